The highest BCUT2D eigenvalue weighted by Crippen LogP contribution is 2.42. The minimum Gasteiger partial charge on any atom is -0.497 e. The van der Waals surface area contributed by atoms with Crippen LogP contribution in [0.2, 0.25) is 15.1 Å². The van der Waals surface area contributed by atoms with Gasteiger partial charge in [-0.05, 0) is 157 Å². The van der Waals surface area contributed by atoms with Gasteiger partial charge in [-0.2, -0.15) is 39.5 Å². The molecule has 0 bridgehead atoms. The Labute approximate surface area is 649 Å². The topological polar surface area (TPSA) is 267 Å². The molecule has 6 aromatic heterocycles. The lowest BCUT2D eigenvalue weighted by Crippen LogP contribution is -2.29. The number of aromatic nitrogens is 6. The Hall–Kier alpha value is -12.3. The van der Waals surface area contributed by atoms with Crippen LogP contribution in [-0.2, 0) is 38.2 Å². The fourth-order valence-corrected chi connectivity index (χ4v) is 12.8. The van der Waals surface area contributed by atoms with Gasteiger partial charge in [0, 0.05) is 108 Å². The fourth-order valence-electron chi connectivity index (χ4n) is 12.1. The van der Waals surface area contributed by atoms with E-state index in [2.05, 4.69) is 68.5 Å². The summed E-state index contributed by atoms with van der Waals surface area (Å²) < 4.78 is 139. The van der Waals surface area contributed by atoms with Crippen LogP contribution in [0, 0.1) is 0 Å². The van der Waals surface area contributed by atoms with E-state index in [1.54, 1.807) is 43.8 Å². The van der Waals surface area contributed by atoms with Crippen LogP contribution < -0.4 is 57.6 Å². The molecule has 0 saturated carbocycles. The largest absolute Gasteiger partial charge is 0.497 e. The van der Waals surface area contributed by atoms with E-state index in [1.165, 1.54) is 31.5 Å². The highest BCUT2D eigenvalue weighted by Gasteiger charge is 2.36. The second-order valence-corrected chi connectivity index (χ2v) is 26.3. The summed E-state index contributed by atoms with van der Waals surface area (Å²) in [5.41, 5.74) is 18.0. The quantitative estimate of drug-likeness (QED) is 0.0227. The number of pyridine rings is 3. The van der Waals surface area contributed by atoms with Crippen LogP contribution in [0.3, 0.4) is 0 Å². The Bertz CT molecular complexity index is 5510. The number of carbonyl (C=O) groups excluding carboxylic acids is 3. The van der Waals surface area contributed by atoms with E-state index in [0.29, 0.717) is 79.4 Å². The molecule has 13 rings (SSSR count). The maximum atomic E-state index is 13.4. The number of nitrogens with zero attached hydrogens (tertiary/aromatic N) is 5. The minimum atomic E-state index is -4.73. The molecule has 112 heavy (non-hydrogen) atoms. The molecule has 6 amide bonds. The summed E-state index contributed by atoms with van der Waals surface area (Å²) in [6, 6.07) is 45.8. The van der Waals surface area contributed by atoms with Crippen LogP contribution in [0.15, 0.2) is 213 Å². The molecule has 13 aromatic rings. The molecule has 32 heteroatoms. The number of H-pyrrole nitrogens is 1. The number of ether oxygens (including phenoxy) is 3. The van der Waals surface area contributed by atoms with Gasteiger partial charge in [0.05, 0.1) is 67.9 Å². The Balaban J connectivity index is 0.000000177. The second kappa shape index (κ2) is 36.0. The van der Waals surface area contributed by atoms with Crippen LogP contribution in [0.1, 0.15) is 47.9 Å². The van der Waals surface area contributed by atoms with Gasteiger partial charge in [0.1, 0.15) is 41.3 Å². The molecule has 0 aliphatic rings. The monoisotopic (exact) mass is 1600 g/mol. The summed E-state index contributed by atoms with van der Waals surface area (Å²) in [5, 5.41) is 16.0. The molecule has 0 fully saturated rings. The third-order valence-corrected chi connectivity index (χ3v) is 18.4. The molecule has 0 aliphatic carbocycles. The zero-order chi connectivity index (χ0) is 79.9. The van der Waals surface area contributed by atoms with Crippen molar-refractivity contribution >= 4 is 120 Å². The summed E-state index contributed by atoms with van der Waals surface area (Å²) in [5.74, 6) is 3.24. The van der Waals surface area contributed by atoms with Crippen molar-refractivity contribution in [2.24, 2.45) is 0 Å². The number of anilines is 6. The number of methoxy groups -OCH3 is 2. The fraction of sp³-hybridized carbons (Fsp3) is 0.175. The van der Waals surface area contributed by atoms with E-state index in [9.17, 15) is 53.9 Å². The van der Waals surface area contributed by atoms with Crippen molar-refractivity contribution in [3.8, 4) is 50.6 Å². The molecule has 7 aromatic carbocycles. The van der Waals surface area contributed by atoms with Crippen molar-refractivity contribution in [3.63, 3.8) is 0 Å². The molecule has 6 heterocycles. The summed E-state index contributed by atoms with van der Waals surface area (Å²) in [4.78, 5) is 53.5. The molecule has 0 spiro atoms. The van der Waals surface area contributed by atoms with E-state index in [1.807, 2.05) is 108 Å². The van der Waals surface area contributed by atoms with Gasteiger partial charge in [0.15, 0.2) is 0 Å². The Morgan fingerprint density at radius 3 is 1.38 bits per heavy atom. The van der Waals surface area contributed by atoms with E-state index in [0.717, 1.165) is 110 Å². The van der Waals surface area contributed by atoms with Crippen LogP contribution in [0.25, 0.3) is 66.1 Å². The molecule has 0 aliphatic heterocycles. The number of rotatable bonds is 22. The van der Waals surface area contributed by atoms with E-state index in [-0.39, 0.29) is 29.4 Å². The number of carbonyl (C=O) groups is 3. The van der Waals surface area contributed by atoms with Crippen molar-refractivity contribution in [1.82, 2.24) is 39.7 Å². The van der Waals surface area contributed by atoms with Gasteiger partial charge in [0.25, 0.3) is 0 Å². The minimum absolute atomic E-state index is 0.00399. The molecular weight excluding hydrogens is 1530 g/mol. The maximum Gasteiger partial charge on any atom is 0.417 e. The van der Waals surface area contributed by atoms with Gasteiger partial charge in [-0.15, -0.1) is 0 Å². The highest BCUT2D eigenvalue weighted by atomic mass is 35.5. The molecule has 580 valence electrons. The smallest absolute Gasteiger partial charge is 0.417 e. The number of fused-ring (bicyclic) bond motifs is 3. The van der Waals surface area contributed by atoms with Crippen LogP contribution in [-0.4, -0.2) is 74.5 Å². The van der Waals surface area contributed by atoms with Crippen molar-refractivity contribution < 1.29 is 68.1 Å². The first-order chi connectivity index (χ1) is 53.6. The number of aromatic amines is 1. The number of benzene rings is 7. The molecule has 0 saturated heterocycles. The number of halogens is 12. The van der Waals surface area contributed by atoms with Crippen LogP contribution >= 0.6 is 34.8 Å². The van der Waals surface area contributed by atoms with Crippen molar-refractivity contribution in [1.29, 1.82) is 0 Å². The van der Waals surface area contributed by atoms with Gasteiger partial charge >= 0.3 is 36.6 Å². The van der Waals surface area contributed by atoms with E-state index < -0.39 is 68.4 Å². The number of hydrogen-bond donors (Lipinski definition) is 9. The number of urea groups is 3. The molecule has 11 N–H and O–H groups in total. The summed E-state index contributed by atoms with van der Waals surface area (Å²) in [6.45, 7) is 2.22. The Kier molecular flexibility index (Phi) is 25.9. The summed E-state index contributed by atoms with van der Waals surface area (Å²) >= 11 is 17.0. The third-order valence-electron chi connectivity index (χ3n) is 17.4. The lowest BCUT2D eigenvalue weighted by Gasteiger charge is -2.13. The number of amides is 6. The molecule has 0 unspecified atom stereocenters. The van der Waals surface area contributed by atoms with E-state index in [4.69, 9.17) is 60.5 Å². The summed E-state index contributed by atoms with van der Waals surface area (Å²) in [6.07, 6.45) is -0.888. The third kappa shape index (κ3) is 20.6. The molecule has 0 radical (unpaired) electrons. The predicted molar refractivity (Wildman–Crippen MR) is 419 cm³/mol. The van der Waals surface area contributed by atoms with Gasteiger partial charge < -0.3 is 66.4 Å². The second-order valence-electron chi connectivity index (χ2n) is 25.0. The van der Waals surface area contributed by atoms with Crippen molar-refractivity contribution in [2.45, 2.75) is 63.9 Å². The molecule has 0 atom stereocenters. The Morgan fingerprint density at radius 2 is 0.884 bits per heavy atom. The van der Waals surface area contributed by atoms with Crippen molar-refractivity contribution in [3.05, 3.63) is 250 Å². The lowest BCUT2D eigenvalue weighted by atomic mass is 10.0. The lowest BCUT2D eigenvalue weighted by molar-refractivity contribution is -0.138. The number of nitrogens with one attached hydrogen (secondary N) is 7. The first-order valence-electron chi connectivity index (χ1n) is 34.4. The van der Waals surface area contributed by atoms with Gasteiger partial charge in [-0.25, -0.2) is 29.3 Å². The maximum absolute atomic E-state index is 13.4. The van der Waals surface area contributed by atoms with Gasteiger partial charge in [-0.1, -0.05) is 102 Å². The number of nitrogens with two attached hydrogens (primary N) is 2. The van der Waals surface area contributed by atoms with Crippen LogP contribution in [0.4, 0.5) is 88.4 Å². The van der Waals surface area contributed by atoms with Gasteiger partial charge in [0.2, 0.25) is 0 Å². The number of hydrogen-bond acceptors (Lipinski definition) is 11. The number of unbranched alkanes of at least 4 members (excludes halogenated alkanes) is 2. The molecular formula is C80H70Cl3F9N14O6. The van der Waals surface area contributed by atoms with E-state index >= 15 is 0 Å². The van der Waals surface area contributed by atoms with Crippen molar-refractivity contribution in [2.75, 3.05) is 60.0 Å². The highest BCUT2D eigenvalue weighted by molar-refractivity contribution is 6.32. The van der Waals surface area contributed by atoms with Gasteiger partial charge in [-0.3, -0.25) is 5.32 Å². The first kappa shape index (κ1) is 80.7. The SMILES string of the molecule is COc1cccc(-c2cn(CCCCNC(=O)Nc3ccc(Cl)c(C(F)(F)F)c3)c3ccnc(N)c23)c1.COc1cccc(-c2cn(CCCCNC(=O)Nc3ccc(Cl)c(C(F)(F)F)c3)c3ccnc(NC(=O)Nc4ccc(Cl)c(C(F)(F)F)c4)c23)c1.Nc1nccc2[nH]cc(-c3cccc(OCc4ccccc4)c3)c12. The number of alkyl halides is 9. The standard InChI is InChI=1S/C34H28Cl2F6N6O3.C26H25ClF3N5O2.C20H17N3O/c1-51-22-6-4-5-19(15-22)23-18-48(14-3-2-12-44-31(49)45-20-7-9-26(35)24(16-20)33(37,38)39)28-11-13-43-30(29(23)28)47-32(50)46-21-8-10-27(36)25(17-21)34(40,41)42;1-37-18-6-4-5-16(13-18)19-15-35(22-9-11-32-24(31)23(19)22)12-3-2-10-33-25(36)34-17-7-8-21(27)20(14-17)26(28,29)30;21-20-19-17(12-23-18(19)9-10-22-20)15-7-4-8-16(11-15)24-13-14-5-2-1-3-6-14/h4-11,13,15-18H,2-3,12,14H2,1H3,(H2,44,45,49)(H2,43,46,47,50);4-9,11,13-15H,2-3,10,12H2,1H3,(H2,31,32)(H2,33,34,36);1-12,23H,13H2,(H2,21,22). The number of aryl methyl sites for hydroxylation is 2. The number of nitrogen functional groups attached to an aromatic ring is 2. The average molecular weight is 1600 g/mol. The molecule has 20 nitrogen and oxygen atoms in total. The Morgan fingerprint density at radius 1 is 0.455 bits per heavy atom. The normalized spacial score (nSPS) is 11.4. The zero-order valence-electron chi connectivity index (χ0n) is 59.4. The zero-order valence-corrected chi connectivity index (χ0v) is 61.7. The van der Waals surface area contributed by atoms with Crippen LogP contribution in [0.5, 0.6) is 17.2 Å². The predicted octanol–water partition coefficient (Wildman–Crippen LogP) is 21.3. The first-order valence-corrected chi connectivity index (χ1v) is 35.5. The average Bonchev–Trinajstić information content (AvgIpc) is 1.66. The summed E-state index contributed by atoms with van der Waals surface area (Å²) in [7, 11) is 3.13.